The largest absolute Gasteiger partial charge is 0.302 e. The van der Waals surface area contributed by atoms with Gasteiger partial charge in [0.25, 0.3) is 0 Å². The third-order valence-electron chi connectivity index (χ3n) is 5.55. The van der Waals surface area contributed by atoms with Gasteiger partial charge in [0.15, 0.2) is 0 Å². The number of rotatable bonds is 7. The summed E-state index contributed by atoms with van der Waals surface area (Å²) < 4.78 is 0. The van der Waals surface area contributed by atoms with Crippen molar-refractivity contribution in [2.24, 2.45) is 5.92 Å². The zero-order valence-corrected chi connectivity index (χ0v) is 17.6. The Hall–Kier alpha value is -2.21. The second-order valence-corrected chi connectivity index (χ2v) is 9.91. The third-order valence-corrected chi connectivity index (χ3v) is 8.16. The Bertz CT molecular complexity index is 854. The van der Waals surface area contributed by atoms with E-state index in [1.807, 2.05) is 0 Å². The van der Waals surface area contributed by atoms with E-state index in [1.54, 1.807) is 5.31 Å². The summed E-state index contributed by atoms with van der Waals surface area (Å²) in [6, 6.07) is 22.6. The molecule has 1 nitrogen and oxygen atoms in total. The second-order valence-electron chi connectivity index (χ2n) is 7.66. The van der Waals surface area contributed by atoms with Crippen LogP contribution in [0.15, 0.2) is 108 Å². The summed E-state index contributed by atoms with van der Waals surface area (Å²) in [5, 5.41) is 4.49. The quantitative estimate of drug-likeness (QED) is 0.577. The van der Waals surface area contributed by atoms with Gasteiger partial charge in [-0.25, -0.2) is 0 Å². The molecule has 0 amide bonds. The van der Waals surface area contributed by atoms with E-state index in [-0.39, 0.29) is 0 Å². The Morgan fingerprint density at radius 3 is 2.00 bits per heavy atom. The fraction of sp³-hybridized carbons (Fsp3) is 0.231. The molecule has 2 aromatic carbocycles. The molecule has 0 aromatic heterocycles. The van der Waals surface area contributed by atoms with Crippen molar-refractivity contribution in [1.82, 2.24) is 4.90 Å². The van der Waals surface area contributed by atoms with E-state index in [0.29, 0.717) is 12.0 Å². The first-order valence-electron chi connectivity index (χ1n) is 10.1. The van der Waals surface area contributed by atoms with Crippen LogP contribution in [-0.2, 0) is 0 Å². The molecule has 0 saturated heterocycles. The molecular formula is C26H28NP. The summed E-state index contributed by atoms with van der Waals surface area (Å²) in [6.45, 7) is 0. The lowest BCUT2D eigenvalue weighted by Gasteiger charge is -2.30. The molecule has 0 aliphatic heterocycles. The maximum absolute atomic E-state index is 2.40. The average Bonchev–Trinajstić information content (AvgIpc) is 3.40. The van der Waals surface area contributed by atoms with Crippen LogP contribution >= 0.6 is 7.92 Å². The highest BCUT2D eigenvalue weighted by Gasteiger charge is 2.28. The first-order valence-corrected chi connectivity index (χ1v) is 11.4. The lowest BCUT2D eigenvalue weighted by molar-refractivity contribution is 0.307. The van der Waals surface area contributed by atoms with Gasteiger partial charge in [-0.3, -0.25) is 0 Å². The van der Waals surface area contributed by atoms with E-state index in [4.69, 9.17) is 0 Å². The smallest absolute Gasteiger partial charge is 0.0353 e. The number of hydrogen-bond donors (Lipinski definition) is 0. The van der Waals surface area contributed by atoms with Crippen molar-refractivity contribution in [2.75, 3.05) is 14.1 Å². The van der Waals surface area contributed by atoms with Gasteiger partial charge in [-0.1, -0.05) is 97.1 Å². The lowest BCUT2D eigenvalue weighted by Crippen LogP contribution is -2.31. The molecule has 2 aromatic rings. The summed E-state index contributed by atoms with van der Waals surface area (Å²) in [7, 11) is 3.93. The minimum atomic E-state index is -0.512. The molecule has 28 heavy (non-hydrogen) atoms. The zero-order chi connectivity index (χ0) is 19.3. The minimum Gasteiger partial charge on any atom is -0.302 e. The Balaban J connectivity index is 1.77. The molecule has 0 heterocycles. The van der Waals surface area contributed by atoms with Crippen molar-refractivity contribution in [3.8, 4) is 0 Å². The molecule has 0 fully saturated rings. The van der Waals surface area contributed by atoms with Gasteiger partial charge in [0, 0.05) is 6.04 Å². The molecule has 0 unspecified atom stereocenters. The Labute approximate surface area is 170 Å². The van der Waals surface area contributed by atoms with E-state index in [2.05, 4.69) is 116 Å². The molecule has 0 radical (unpaired) electrons. The highest BCUT2D eigenvalue weighted by molar-refractivity contribution is 7.76. The molecule has 0 spiro atoms. The minimum absolute atomic E-state index is 0.434. The molecule has 0 saturated carbocycles. The number of allylic oxidation sites excluding steroid dienone is 6. The molecular weight excluding hydrogens is 357 g/mol. The molecule has 4 rings (SSSR count). The number of likely N-dealkylation sites (N-methyl/N-ethyl adjacent to an activating group) is 1. The SMILES string of the molecule is CN(C)[C@H](CC1C=CC=C1)C1=C(P(c2ccccc2)c2ccccc2)CC=C1. The molecule has 2 heteroatoms. The van der Waals surface area contributed by atoms with E-state index in [9.17, 15) is 0 Å². The predicted octanol–water partition coefficient (Wildman–Crippen LogP) is 5.40. The Morgan fingerprint density at radius 1 is 0.893 bits per heavy atom. The van der Waals surface area contributed by atoms with Gasteiger partial charge >= 0.3 is 0 Å². The summed E-state index contributed by atoms with van der Waals surface area (Å²) in [4.78, 5) is 2.40. The van der Waals surface area contributed by atoms with Crippen molar-refractivity contribution in [3.05, 3.63) is 108 Å². The number of benzene rings is 2. The van der Waals surface area contributed by atoms with Crippen LogP contribution in [0.2, 0.25) is 0 Å². The van der Waals surface area contributed by atoms with Crippen LogP contribution in [0.4, 0.5) is 0 Å². The van der Waals surface area contributed by atoms with Crippen molar-refractivity contribution >= 4 is 18.5 Å². The van der Waals surface area contributed by atoms with Crippen LogP contribution in [0.3, 0.4) is 0 Å². The van der Waals surface area contributed by atoms with Crippen LogP contribution in [-0.4, -0.2) is 25.0 Å². The van der Waals surface area contributed by atoms with Gasteiger partial charge in [-0.15, -0.1) is 0 Å². The monoisotopic (exact) mass is 385 g/mol. The normalized spacial score (nSPS) is 17.4. The van der Waals surface area contributed by atoms with E-state index < -0.39 is 7.92 Å². The second kappa shape index (κ2) is 8.86. The molecule has 2 aliphatic rings. The van der Waals surface area contributed by atoms with Crippen LogP contribution in [0.25, 0.3) is 0 Å². The van der Waals surface area contributed by atoms with Crippen molar-refractivity contribution in [1.29, 1.82) is 0 Å². The highest BCUT2D eigenvalue weighted by Crippen LogP contribution is 2.50. The van der Waals surface area contributed by atoms with Gasteiger partial charge in [0.2, 0.25) is 0 Å². The topological polar surface area (TPSA) is 3.24 Å². The molecule has 2 aliphatic carbocycles. The first kappa shape index (κ1) is 19.1. The van der Waals surface area contributed by atoms with E-state index >= 15 is 0 Å². The lowest BCUT2D eigenvalue weighted by atomic mass is 9.95. The molecule has 0 N–H and O–H groups in total. The number of nitrogens with zero attached hydrogens (tertiary/aromatic N) is 1. The van der Waals surface area contributed by atoms with Gasteiger partial charge < -0.3 is 4.90 Å². The van der Waals surface area contributed by atoms with Crippen LogP contribution in [0.5, 0.6) is 0 Å². The van der Waals surface area contributed by atoms with Gasteiger partial charge in [0.1, 0.15) is 0 Å². The van der Waals surface area contributed by atoms with Gasteiger partial charge in [0.05, 0.1) is 0 Å². The maximum Gasteiger partial charge on any atom is 0.0353 e. The molecule has 0 bridgehead atoms. The van der Waals surface area contributed by atoms with Gasteiger partial charge in [-0.05, 0) is 62.3 Å². The number of hydrogen-bond acceptors (Lipinski definition) is 1. The summed E-state index contributed by atoms with van der Waals surface area (Å²) in [6.07, 6.45) is 16.0. The van der Waals surface area contributed by atoms with E-state index in [0.717, 1.165) is 12.8 Å². The average molecular weight is 385 g/mol. The fourth-order valence-electron chi connectivity index (χ4n) is 4.16. The summed E-state index contributed by atoms with van der Waals surface area (Å²) >= 11 is 0. The standard InChI is InChI=1S/C26H28NP/c1-27(2)25(20-21-12-9-10-13-21)24-18-11-19-26(24)28(22-14-5-3-6-15-22)23-16-7-4-8-17-23/h3-18,21,25H,19-20H2,1-2H3/t25-/m1/s1. The molecule has 142 valence electrons. The van der Waals surface area contributed by atoms with Crippen molar-refractivity contribution in [3.63, 3.8) is 0 Å². The summed E-state index contributed by atoms with van der Waals surface area (Å²) in [5.74, 6) is 0.537. The zero-order valence-electron chi connectivity index (χ0n) is 16.7. The van der Waals surface area contributed by atoms with Gasteiger partial charge in [-0.2, -0.15) is 0 Å². The summed E-state index contributed by atoms with van der Waals surface area (Å²) in [5.41, 5.74) is 1.53. The fourth-order valence-corrected chi connectivity index (χ4v) is 6.79. The Kier molecular flexibility index (Phi) is 6.05. The maximum atomic E-state index is 2.40. The molecule has 1 atom stereocenters. The highest BCUT2D eigenvalue weighted by atomic mass is 31.1. The van der Waals surface area contributed by atoms with Crippen molar-refractivity contribution < 1.29 is 0 Å². The predicted molar refractivity (Wildman–Crippen MR) is 124 cm³/mol. The first-order chi connectivity index (χ1) is 13.7. The third kappa shape index (κ3) is 4.12. The Morgan fingerprint density at radius 2 is 1.46 bits per heavy atom. The van der Waals surface area contributed by atoms with Crippen molar-refractivity contribution in [2.45, 2.75) is 18.9 Å². The van der Waals surface area contributed by atoms with Crippen LogP contribution in [0.1, 0.15) is 12.8 Å². The van der Waals surface area contributed by atoms with Crippen LogP contribution < -0.4 is 10.6 Å². The van der Waals surface area contributed by atoms with Crippen LogP contribution in [0, 0.1) is 5.92 Å². The van der Waals surface area contributed by atoms with E-state index in [1.165, 1.54) is 16.2 Å².